The maximum absolute atomic E-state index is 11.3. The molecule has 6 heteroatoms. The second-order valence-corrected chi connectivity index (χ2v) is 4.44. The van der Waals surface area contributed by atoms with Gasteiger partial charge in [0, 0.05) is 32.7 Å². The van der Waals surface area contributed by atoms with Crippen molar-refractivity contribution in [3.63, 3.8) is 0 Å². The third-order valence-corrected chi connectivity index (χ3v) is 3.03. The summed E-state index contributed by atoms with van der Waals surface area (Å²) in [5.41, 5.74) is 0. The van der Waals surface area contributed by atoms with Gasteiger partial charge in [-0.05, 0) is 7.05 Å². The molecule has 0 aromatic rings. The average molecular weight is 258 g/mol. The molecule has 0 aromatic carbocycles. The normalized spacial score (nSPS) is 17.4. The Morgan fingerprint density at radius 3 is 2.28 bits per heavy atom. The van der Waals surface area contributed by atoms with E-state index < -0.39 is 0 Å². The topological polar surface area (TPSA) is 59.1 Å². The van der Waals surface area contributed by atoms with Crippen LogP contribution >= 0.6 is 0 Å². The first-order valence-corrected chi connectivity index (χ1v) is 6.25. The predicted octanol–water partition coefficient (Wildman–Crippen LogP) is -0.270. The second-order valence-electron chi connectivity index (χ2n) is 4.44. The molecule has 1 saturated heterocycles. The number of hydrogen-bond acceptors (Lipinski definition) is 6. The van der Waals surface area contributed by atoms with Crippen molar-refractivity contribution >= 4 is 11.9 Å². The molecule has 0 radical (unpaired) electrons. The molecule has 18 heavy (non-hydrogen) atoms. The lowest BCUT2D eigenvalue weighted by atomic mass is 10.3. The van der Waals surface area contributed by atoms with Gasteiger partial charge in [-0.25, -0.2) is 0 Å². The van der Waals surface area contributed by atoms with Gasteiger partial charge in [0.2, 0.25) is 0 Å². The summed E-state index contributed by atoms with van der Waals surface area (Å²) >= 11 is 0. The Morgan fingerprint density at radius 1 is 1.06 bits per heavy atom. The molecule has 0 aromatic heterocycles. The minimum absolute atomic E-state index is 0.0871. The van der Waals surface area contributed by atoms with Crippen LogP contribution in [-0.4, -0.2) is 75.2 Å². The van der Waals surface area contributed by atoms with Crippen LogP contribution in [0.1, 0.15) is 12.8 Å². The lowest BCUT2D eigenvalue weighted by molar-refractivity contribution is -0.149. The fourth-order valence-electron chi connectivity index (χ4n) is 1.74. The number of carbonyl (C=O) groups excluding carboxylic acids is 2. The van der Waals surface area contributed by atoms with Crippen LogP contribution in [0.2, 0.25) is 0 Å². The third-order valence-electron chi connectivity index (χ3n) is 3.03. The maximum Gasteiger partial charge on any atom is 0.306 e. The van der Waals surface area contributed by atoms with Gasteiger partial charge in [-0.1, -0.05) is 0 Å². The van der Waals surface area contributed by atoms with E-state index in [-0.39, 0.29) is 24.8 Å². The van der Waals surface area contributed by atoms with Crippen LogP contribution in [0.5, 0.6) is 0 Å². The van der Waals surface area contributed by atoms with Gasteiger partial charge in [0.05, 0.1) is 20.0 Å². The van der Waals surface area contributed by atoms with E-state index in [9.17, 15) is 9.59 Å². The van der Waals surface area contributed by atoms with Crippen LogP contribution < -0.4 is 0 Å². The van der Waals surface area contributed by atoms with Crippen LogP contribution in [0, 0.1) is 0 Å². The molecule has 6 nitrogen and oxygen atoms in total. The van der Waals surface area contributed by atoms with E-state index in [1.165, 1.54) is 7.11 Å². The molecular weight excluding hydrogens is 236 g/mol. The maximum atomic E-state index is 11.3. The van der Waals surface area contributed by atoms with Crippen LogP contribution in [-0.2, 0) is 19.1 Å². The predicted molar refractivity (Wildman–Crippen MR) is 66.1 cm³/mol. The Bertz CT molecular complexity index is 275. The summed E-state index contributed by atoms with van der Waals surface area (Å²) < 4.78 is 9.52. The smallest absolute Gasteiger partial charge is 0.306 e. The lowest BCUT2D eigenvalue weighted by Crippen LogP contribution is -2.45. The zero-order chi connectivity index (χ0) is 13.4. The summed E-state index contributed by atoms with van der Waals surface area (Å²) in [6.45, 7) is 5.28. The van der Waals surface area contributed by atoms with E-state index in [1.54, 1.807) is 0 Å². The van der Waals surface area contributed by atoms with Crippen LogP contribution in [0.15, 0.2) is 0 Å². The Balaban J connectivity index is 2.03. The number of methoxy groups -OCH3 is 1. The SMILES string of the molecule is COC(=O)CCC(=O)OCCN1CCN(C)CC1. The molecule has 1 heterocycles. The molecule has 0 saturated carbocycles. The Morgan fingerprint density at radius 2 is 1.67 bits per heavy atom. The summed E-state index contributed by atoms with van der Waals surface area (Å²) in [6.07, 6.45) is 0.180. The fourth-order valence-corrected chi connectivity index (χ4v) is 1.74. The van der Waals surface area contributed by atoms with E-state index in [0.717, 1.165) is 32.7 Å². The number of ether oxygens (including phenoxy) is 2. The zero-order valence-electron chi connectivity index (χ0n) is 11.2. The molecule has 0 atom stereocenters. The van der Waals surface area contributed by atoms with Crippen molar-refractivity contribution in [1.29, 1.82) is 0 Å². The molecule has 0 unspecified atom stereocenters. The number of rotatable bonds is 6. The molecule has 0 spiro atoms. The first kappa shape index (κ1) is 14.9. The number of piperazine rings is 1. The van der Waals surface area contributed by atoms with Crippen LogP contribution in [0.25, 0.3) is 0 Å². The number of esters is 2. The molecule has 104 valence electrons. The summed E-state index contributed by atoms with van der Waals surface area (Å²) in [4.78, 5) is 26.7. The van der Waals surface area contributed by atoms with Gasteiger partial charge in [0.15, 0.2) is 0 Å². The van der Waals surface area contributed by atoms with E-state index in [0.29, 0.717) is 6.61 Å². The molecule has 1 aliphatic heterocycles. The molecule has 0 bridgehead atoms. The van der Waals surface area contributed by atoms with E-state index in [2.05, 4.69) is 21.6 Å². The van der Waals surface area contributed by atoms with Crippen molar-refractivity contribution in [3.8, 4) is 0 Å². The minimum atomic E-state index is -0.383. The van der Waals surface area contributed by atoms with Gasteiger partial charge in [-0.2, -0.15) is 0 Å². The van der Waals surface area contributed by atoms with Crippen molar-refractivity contribution in [1.82, 2.24) is 9.80 Å². The van der Waals surface area contributed by atoms with Crippen molar-refractivity contribution in [2.24, 2.45) is 0 Å². The summed E-state index contributed by atoms with van der Waals surface area (Å²) in [5.74, 6) is -0.722. The first-order valence-electron chi connectivity index (χ1n) is 6.25. The molecule has 1 aliphatic rings. The van der Waals surface area contributed by atoms with Gasteiger partial charge < -0.3 is 14.4 Å². The summed E-state index contributed by atoms with van der Waals surface area (Å²) in [6, 6.07) is 0. The minimum Gasteiger partial charge on any atom is -0.469 e. The first-order chi connectivity index (χ1) is 8.61. The molecule has 0 amide bonds. The molecule has 1 rings (SSSR count). The van der Waals surface area contributed by atoms with Crippen molar-refractivity contribution < 1.29 is 19.1 Å². The van der Waals surface area contributed by atoms with E-state index in [4.69, 9.17) is 4.74 Å². The van der Waals surface area contributed by atoms with Gasteiger partial charge in [0.25, 0.3) is 0 Å². The fraction of sp³-hybridized carbons (Fsp3) is 0.833. The van der Waals surface area contributed by atoms with Crippen molar-refractivity contribution in [3.05, 3.63) is 0 Å². The van der Waals surface area contributed by atoms with Gasteiger partial charge in [-0.15, -0.1) is 0 Å². The Hall–Kier alpha value is -1.14. The van der Waals surface area contributed by atoms with Gasteiger partial charge in [-0.3, -0.25) is 14.5 Å². The van der Waals surface area contributed by atoms with Crippen molar-refractivity contribution in [2.75, 3.05) is 53.5 Å². The number of nitrogens with zero attached hydrogens (tertiary/aromatic N) is 2. The van der Waals surface area contributed by atoms with Crippen molar-refractivity contribution in [2.45, 2.75) is 12.8 Å². The highest BCUT2D eigenvalue weighted by Gasteiger charge is 2.14. The van der Waals surface area contributed by atoms with Gasteiger partial charge >= 0.3 is 11.9 Å². The highest BCUT2D eigenvalue weighted by atomic mass is 16.5. The summed E-state index contributed by atoms with van der Waals surface area (Å²) in [5, 5.41) is 0. The van der Waals surface area contributed by atoms with E-state index in [1.807, 2.05) is 0 Å². The molecule has 1 fully saturated rings. The summed E-state index contributed by atoms with van der Waals surface area (Å²) in [7, 11) is 3.41. The number of carbonyl (C=O) groups is 2. The largest absolute Gasteiger partial charge is 0.469 e. The average Bonchev–Trinajstić information content (AvgIpc) is 2.38. The second kappa shape index (κ2) is 8.05. The monoisotopic (exact) mass is 258 g/mol. The highest BCUT2D eigenvalue weighted by Crippen LogP contribution is 1.99. The molecule has 0 aliphatic carbocycles. The number of likely N-dealkylation sites (N-methyl/N-ethyl adjacent to an activating group) is 1. The quantitative estimate of drug-likeness (QED) is 0.611. The van der Waals surface area contributed by atoms with Gasteiger partial charge in [0.1, 0.15) is 6.61 Å². The Kier molecular flexibility index (Phi) is 6.67. The third kappa shape index (κ3) is 5.97. The van der Waals surface area contributed by atoms with Crippen LogP contribution in [0.4, 0.5) is 0 Å². The van der Waals surface area contributed by atoms with E-state index >= 15 is 0 Å². The standard InChI is InChI=1S/C12H22N2O4/c1-13-5-7-14(8-6-13)9-10-18-12(16)4-3-11(15)17-2/h3-10H2,1-2H3. The Labute approximate surface area is 108 Å². The number of hydrogen-bond donors (Lipinski definition) is 0. The zero-order valence-corrected chi connectivity index (χ0v) is 11.2. The van der Waals surface area contributed by atoms with Crippen LogP contribution in [0.3, 0.4) is 0 Å². The molecular formula is C12H22N2O4. The highest BCUT2D eigenvalue weighted by molar-refractivity contribution is 5.77. The molecule has 0 N–H and O–H groups in total. The lowest BCUT2D eigenvalue weighted by Gasteiger charge is -2.32.